The minimum absolute atomic E-state index is 0.00173. The lowest BCUT2D eigenvalue weighted by molar-refractivity contribution is 0.102. The molecule has 1 unspecified atom stereocenters. The zero-order chi connectivity index (χ0) is 20.2. The molecule has 4 nitrogen and oxygen atoms in total. The molecule has 0 bridgehead atoms. The largest absolute Gasteiger partial charge is 0.490 e. The molecular formula is C24H26N2O2S. The molecule has 0 aromatic heterocycles. The minimum atomic E-state index is -0.291. The fourth-order valence-electron chi connectivity index (χ4n) is 4.10. The first kappa shape index (κ1) is 19.6. The quantitative estimate of drug-likeness (QED) is 0.536. The van der Waals surface area contributed by atoms with Crippen LogP contribution in [0.3, 0.4) is 0 Å². The van der Waals surface area contributed by atoms with Gasteiger partial charge in [-0.05, 0) is 62.5 Å². The first-order chi connectivity index (χ1) is 14.1. The van der Waals surface area contributed by atoms with Crippen LogP contribution in [-0.2, 0) is 0 Å². The summed E-state index contributed by atoms with van der Waals surface area (Å²) < 4.78 is 6.15. The molecule has 1 heterocycles. The predicted molar refractivity (Wildman–Crippen MR) is 119 cm³/mol. The van der Waals surface area contributed by atoms with Crippen LogP contribution in [-0.4, -0.2) is 17.0 Å². The number of thiocarbonyl (C=S) groups is 1. The lowest BCUT2D eigenvalue weighted by Crippen LogP contribution is -2.44. The summed E-state index contributed by atoms with van der Waals surface area (Å²) in [6, 6.07) is 17.1. The second-order valence-electron chi connectivity index (χ2n) is 7.71. The van der Waals surface area contributed by atoms with Crippen LogP contribution in [0.5, 0.6) is 5.75 Å². The van der Waals surface area contributed by atoms with Gasteiger partial charge >= 0.3 is 0 Å². The highest BCUT2D eigenvalue weighted by Gasteiger charge is 2.30. The Morgan fingerprint density at radius 1 is 1.00 bits per heavy atom. The average molecular weight is 407 g/mol. The Morgan fingerprint density at radius 3 is 2.38 bits per heavy atom. The first-order valence-corrected chi connectivity index (χ1v) is 10.7. The van der Waals surface area contributed by atoms with Gasteiger partial charge in [0.25, 0.3) is 0 Å². The highest BCUT2D eigenvalue weighted by atomic mass is 32.1. The number of benzene rings is 2. The van der Waals surface area contributed by atoms with Crippen LogP contribution in [0.15, 0.2) is 65.9 Å². The van der Waals surface area contributed by atoms with Gasteiger partial charge in [0.1, 0.15) is 5.75 Å². The fraction of sp³-hybridized carbons (Fsp3) is 0.333. The van der Waals surface area contributed by atoms with Crippen LogP contribution in [0.4, 0.5) is 0 Å². The van der Waals surface area contributed by atoms with Gasteiger partial charge in [0.05, 0.1) is 12.1 Å². The highest BCUT2D eigenvalue weighted by Crippen LogP contribution is 2.31. The molecule has 29 heavy (non-hydrogen) atoms. The van der Waals surface area contributed by atoms with Crippen LogP contribution in [0.25, 0.3) is 0 Å². The van der Waals surface area contributed by atoms with Gasteiger partial charge in [0.2, 0.25) is 0 Å². The molecule has 2 aliphatic rings. The summed E-state index contributed by atoms with van der Waals surface area (Å²) in [5, 5.41) is 6.89. The van der Waals surface area contributed by atoms with E-state index >= 15 is 0 Å². The van der Waals surface area contributed by atoms with Crippen molar-refractivity contribution in [3.05, 3.63) is 77.0 Å². The van der Waals surface area contributed by atoms with Gasteiger partial charge < -0.3 is 15.4 Å². The van der Waals surface area contributed by atoms with Crippen LogP contribution in [0.1, 0.15) is 61.0 Å². The third-order valence-electron chi connectivity index (χ3n) is 5.62. The zero-order valence-electron chi connectivity index (χ0n) is 16.6. The number of hydrogen-bond donors (Lipinski definition) is 2. The number of rotatable bonds is 5. The summed E-state index contributed by atoms with van der Waals surface area (Å²) in [6.45, 7) is 1.90. The maximum atomic E-state index is 13.2. The smallest absolute Gasteiger partial charge is 0.193 e. The summed E-state index contributed by atoms with van der Waals surface area (Å²) in [5.41, 5.74) is 3.13. The third-order valence-corrected chi connectivity index (χ3v) is 5.84. The summed E-state index contributed by atoms with van der Waals surface area (Å²) in [5.74, 6) is 0.881. The molecule has 1 saturated carbocycles. The van der Waals surface area contributed by atoms with Crippen molar-refractivity contribution in [2.75, 3.05) is 0 Å². The minimum Gasteiger partial charge on any atom is -0.490 e. The van der Waals surface area contributed by atoms with Gasteiger partial charge in [0.15, 0.2) is 10.9 Å². The topological polar surface area (TPSA) is 50.4 Å². The van der Waals surface area contributed by atoms with Crippen molar-refractivity contribution in [2.24, 2.45) is 0 Å². The van der Waals surface area contributed by atoms with E-state index in [4.69, 9.17) is 17.0 Å². The van der Waals surface area contributed by atoms with Crippen LogP contribution in [0, 0.1) is 0 Å². The summed E-state index contributed by atoms with van der Waals surface area (Å²) in [7, 11) is 0. The second-order valence-corrected chi connectivity index (χ2v) is 8.12. The molecule has 4 rings (SSSR count). The second kappa shape index (κ2) is 8.78. The standard InChI is InChI=1S/C24H26N2O2S/c1-16-21(23(27)18-8-4-2-5-9-18)22(26-24(29)25-16)17-12-14-20(15-13-17)28-19-10-6-3-7-11-19/h2,4-5,8-9,12-15,19,22H,3,6-7,10-11H2,1H3,(H2,25,26,29). The van der Waals surface area contributed by atoms with E-state index in [0.29, 0.717) is 22.4 Å². The molecule has 1 atom stereocenters. The van der Waals surface area contributed by atoms with Crippen molar-refractivity contribution in [2.45, 2.75) is 51.2 Å². The van der Waals surface area contributed by atoms with Gasteiger partial charge in [-0.1, -0.05) is 48.9 Å². The van der Waals surface area contributed by atoms with E-state index < -0.39 is 0 Å². The van der Waals surface area contributed by atoms with E-state index in [1.165, 1.54) is 19.3 Å². The Bertz CT molecular complexity index is 916. The number of hydrogen-bond acceptors (Lipinski definition) is 3. The van der Waals surface area contributed by atoms with E-state index in [0.717, 1.165) is 29.9 Å². The van der Waals surface area contributed by atoms with Crippen molar-refractivity contribution in [1.29, 1.82) is 0 Å². The molecule has 0 saturated heterocycles. The third kappa shape index (κ3) is 4.51. The molecule has 5 heteroatoms. The van der Waals surface area contributed by atoms with Gasteiger partial charge in [-0.15, -0.1) is 0 Å². The lowest BCUT2D eigenvalue weighted by Gasteiger charge is -2.30. The number of nitrogens with one attached hydrogen (secondary N) is 2. The molecule has 2 aromatic carbocycles. The zero-order valence-corrected chi connectivity index (χ0v) is 17.4. The van der Waals surface area contributed by atoms with Gasteiger partial charge in [0, 0.05) is 16.8 Å². The molecule has 0 amide bonds. The summed E-state index contributed by atoms with van der Waals surface area (Å²) in [4.78, 5) is 13.2. The lowest BCUT2D eigenvalue weighted by atomic mass is 9.89. The maximum Gasteiger partial charge on any atom is 0.193 e. The van der Waals surface area contributed by atoms with Crippen LogP contribution < -0.4 is 15.4 Å². The summed E-state index contributed by atoms with van der Waals surface area (Å²) >= 11 is 5.36. The van der Waals surface area contributed by atoms with Gasteiger partial charge in [-0.2, -0.15) is 0 Å². The fourth-order valence-corrected chi connectivity index (χ4v) is 4.38. The van der Waals surface area contributed by atoms with Gasteiger partial charge in [-0.25, -0.2) is 0 Å². The maximum absolute atomic E-state index is 13.2. The Kier molecular flexibility index (Phi) is 5.95. The Morgan fingerprint density at radius 2 is 1.69 bits per heavy atom. The summed E-state index contributed by atoms with van der Waals surface area (Å²) in [6.07, 6.45) is 6.37. The SMILES string of the molecule is CC1=C(C(=O)c2ccccc2)C(c2ccc(OC3CCCCC3)cc2)NC(=S)N1. The number of ketones is 1. The molecule has 2 N–H and O–H groups in total. The number of Topliss-reactive ketones (excluding diaryl/α,β-unsaturated/α-hetero) is 1. The molecule has 150 valence electrons. The van der Waals surface area contributed by atoms with E-state index in [9.17, 15) is 4.79 Å². The monoisotopic (exact) mass is 406 g/mol. The number of allylic oxidation sites excluding steroid dienone is 1. The van der Waals surface area contributed by atoms with Crippen molar-refractivity contribution in [3.8, 4) is 5.75 Å². The first-order valence-electron chi connectivity index (χ1n) is 10.3. The van der Waals surface area contributed by atoms with Crippen LogP contribution in [0.2, 0.25) is 0 Å². The molecule has 0 spiro atoms. The highest BCUT2D eigenvalue weighted by molar-refractivity contribution is 7.80. The van der Waals surface area contributed by atoms with Crippen molar-refractivity contribution < 1.29 is 9.53 Å². The predicted octanol–water partition coefficient (Wildman–Crippen LogP) is 5.07. The molecule has 0 radical (unpaired) electrons. The molecule has 1 aliphatic carbocycles. The van der Waals surface area contributed by atoms with Crippen molar-refractivity contribution in [3.63, 3.8) is 0 Å². The van der Waals surface area contributed by atoms with E-state index in [-0.39, 0.29) is 11.8 Å². The van der Waals surface area contributed by atoms with Crippen molar-refractivity contribution in [1.82, 2.24) is 10.6 Å². The molecule has 1 fully saturated rings. The van der Waals surface area contributed by atoms with E-state index in [1.807, 2.05) is 61.5 Å². The van der Waals surface area contributed by atoms with E-state index in [2.05, 4.69) is 10.6 Å². The van der Waals surface area contributed by atoms with E-state index in [1.54, 1.807) is 0 Å². The van der Waals surface area contributed by atoms with Crippen LogP contribution >= 0.6 is 12.2 Å². The van der Waals surface area contributed by atoms with Gasteiger partial charge in [-0.3, -0.25) is 4.79 Å². The Hall–Kier alpha value is -2.66. The molecule has 2 aromatic rings. The average Bonchev–Trinajstić information content (AvgIpc) is 2.75. The molecule has 1 aliphatic heterocycles. The Labute approximate surface area is 177 Å². The normalized spacial score (nSPS) is 20.0. The number of ether oxygens (including phenoxy) is 1. The Balaban J connectivity index is 1.58. The van der Waals surface area contributed by atoms with Crippen molar-refractivity contribution >= 4 is 23.1 Å². The number of carbonyl (C=O) groups is 1. The molecular weight excluding hydrogens is 380 g/mol. The number of carbonyl (C=O) groups excluding carboxylic acids is 1.